The second-order valence-electron chi connectivity index (χ2n) is 10.7. The number of piperidine rings is 1. The Balaban J connectivity index is 1.15. The molecule has 1 aromatic carbocycles. The van der Waals surface area contributed by atoms with Crippen LogP contribution in [0.25, 0.3) is 5.65 Å². The molecule has 39 heavy (non-hydrogen) atoms. The number of hydrogen-bond donors (Lipinski definition) is 2. The van der Waals surface area contributed by atoms with Crippen molar-refractivity contribution in [3.8, 4) is 17.6 Å². The van der Waals surface area contributed by atoms with Gasteiger partial charge in [0, 0.05) is 35.3 Å². The maximum absolute atomic E-state index is 12.4. The topological polar surface area (TPSA) is 96.9 Å². The molecule has 2 amide bonds. The zero-order valence-corrected chi connectivity index (χ0v) is 22.7. The number of nitrogens with zero attached hydrogens (tertiary/aromatic N) is 4. The number of urea groups is 1. The van der Waals surface area contributed by atoms with Crippen molar-refractivity contribution in [3.05, 3.63) is 71.7 Å². The van der Waals surface area contributed by atoms with Gasteiger partial charge in [0.2, 0.25) is 0 Å². The van der Waals surface area contributed by atoms with Crippen molar-refractivity contribution in [3.63, 3.8) is 0 Å². The maximum atomic E-state index is 12.4. The van der Waals surface area contributed by atoms with Crippen LogP contribution < -0.4 is 15.4 Å². The number of rotatable bonds is 6. The first-order valence-electron chi connectivity index (χ1n) is 13.3. The van der Waals surface area contributed by atoms with Gasteiger partial charge in [0.05, 0.1) is 6.20 Å². The number of carbonyl (C=O) groups is 1. The third-order valence-corrected chi connectivity index (χ3v) is 6.52. The zero-order chi connectivity index (χ0) is 27.2. The molecule has 2 N–H and O–H groups in total. The highest BCUT2D eigenvalue weighted by Gasteiger charge is 2.20. The minimum Gasteiger partial charge on any atom is -0.492 e. The van der Waals surface area contributed by atoms with E-state index in [2.05, 4.69) is 37.5 Å². The Morgan fingerprint density at radius 3 is 2.49 bits per heavy atom. The number of pyridine rings is 1. The first kappa shape index (κ1) is 26.3. The number of fused-ring (bicyclic) bond motifs is 1. The molecule has 0 atom stereocenters. The van der Waals surface area contributed by atoms with Crippen LogP contribution in [0.2, 0.25) is 0 Å². The van der Waals surface area contributed by atoms with Crippen LogP contribution in [-0.4, -0.2) is 51.7 Å². The minimum atomic E-state index is -0.453. The quantitative estimate of drug-likeness (QED) is 0.321. The number of benzene rings is 1. The lowest BCUT2D eigenvalue weighted by atomic mass is 9.93. The van der Waals surface area contributed by atoms with Crippen LogP contribution in [0.1, 0.15) is 56.9 Å². The number of likely N-dealkylation sites (tertiary alicyclic amines) is 1. The summed E-state index contributed by atoms with van der Waals surface area (Å²) in [6.07, 6.45) is 7.53. The van der Waals surface area contributed by atoms with Gasteiger partial charge in [-0.25, -0.2) is 9.78 Å². The number of ether oxygens (including phenoxy) is 1. The van der Waals surface area contributed by atoms with Crippen molar-refractivity contribution in [1.82, 2.24) is 19.4 Å². The van der Waals surface area contributed by atoms with Crippen LogP contribution in [0.5, 0.6) is 5.75 Å². The summed E-state index contributed by atoms with van der Waals surface area (Å²) in [5.74, 6) is 8.68. The summed E-state index contributed by atoms with van der Waals surface area (Å²) in [7, 11) is 0. The molecule has 0 unspecified atom stereocenters. The van der Waals surface area contributed by atoms with Crippen LogP contribution in [0, 0.1) is 11.8 Å². The van der Waals surface area contributed by atoms with Gasteiger partial charge in [-0.05, 0) is 62.3 Å². The van der Waals surface area contributed by atoms with E-state index in [4.69, 9.17) is 9.26 Å². The van der Waals surface area contributed by atoms with E-state index in [0.29, 0.717) is 29.7 Å². The summed E-state index contributed by atoms with van der Waals surface area (Å²) < 4.78 is 13.0. The van der Waals surface area contributed by atoms with Gasteiger partial charge >= 0.3 is 6.03 Å². The van der Waals surface area contributed by atoms with Crippen molar-refractivity contribution in [2.75, 3.05) is 36.9 Å². The Labute approximate surface area is 228 Å². The third-order valence-electron chi connectivity index (χ3n) is 6.52. The van der Waals surface area contributed by atoms with Crippen LogP contribution in [-0.2, 0) is 5.41 Å². The van der Waals surface area contributed by atoms with Gasteiger partial charge < -0.3 is 13.7 Å². The van der Waals surface area contributed by atoms with Crippen molar-refractivity contribution >= 4 is 23.3 Å². The molecule has 1 saturated heterocycles. The van der Waals surface area contributed by atoms with E-state index in [9.17, 15) is 4.79 Å². The predicted molar refractivity (Wildman–Crippen MR) is 151 cm³/mol. The molecule has 5 rings (SSSR count). The first-order valence-corrected chi connectivity index (χ1v) is 13.3. The van der Waals surface area contributed by atoms with Crippen LogP contribution in [0.3, 0.4) is 0 Å². The van der Waals surface area contributed by atoms with Gasteiger partial charge in [0.1, 0.15) is 23.8 Å². The Bertz CT molecular complexity index is 1480. The molecule has 0 radical (unpaired) electrons. The van der Waals surface area contributed by atoms with E-state index in [1.165, 1.54) is 32.4 Å². The highest BCUT2D eigenvalue weighted by Crippen LogP contribution is 2.24. The zero-order valence-electron chi connectivity index (χ0n) is 22.7. The van der Waals surface area contributed by atoms with Gasteiger partial charge in [0.15, 0.2) is 11.6 Å². The normalized spacial score (nSPS) is 14.0. The highest BCUT2D eigenvalue weighted by atomic mass is 16.5. The molecular formula is C30H34N6O3. The monoisotopic (exact) mass is 526 g/mol. The lowest BCUT2D eigenvalue weighted by molar-refractivity contribution is 0.183. The molecule has 1 aliphatic rings. The molecule has 3 aromatic heterocycles. The van der Waals surface area contributed by atoms with Gasteiger partial charge in [-0.1, -0.05) is 44.2 Å². The Morgan fingerprint density at radius 2 is 1.74 bits per heavy atom. The summed E-state index contributed by atoms with van der Waals surface area (Å²) in [5, 5.41) is 9.30. The minimum absolute atomic E-state index is 0.199. The van der Waals surface area contributed by atoms with Gasteiger partial charge in [-0.15, -0.1) is 0 Å². The molecule has 4 heterocycles. The number of nitrogens with one attached hydrogen (secondary N) is 2. The second-order valence-corrected chi connectivity index (χ2v) is 10.7. The van der Waals surface area contributed by atoms with Crippen molar-refractivity contribution in [2.45, 2.75) is 45.4 Å². The van der Waals surface area contributed by atoms with Crippen LogP contribution in [0.15, 0.2) is 59.4 Å². The molecular weight excluding hydrogens is 492 g/mol. The summed E-state index contributed by atoms with van der Waals surface area (Å²) in [5.41, 5.74) is 2.20. The smallest absolute Gasteiger partial charge is 0.326 e. The average molecular weight is 527 g/mol. The molecule has 202 valence electrons. The lowest BCUT2D eigenvalue weighted by Crippen LogP contribution is -2.33. The molecule has 1 fully saturated rings. The standard InChI is InChI=1S/C30H34N6O3/c1-30(2,3)25-20-26(34-39-25)32-29(37)33-27-21-36-16-13-23(19-28(36)31-27)8-7-22-9-11-24(12-10-22)38-18-17-35-14-5-4-6-15-35/h9-13,16,19-21H,4-6,14-15,17-18H2,1-3H3,(H2,32,33,34,37). The molecule has 1 aliphatic heterocycles. The molecule has 9 nitrogen and oxygen atoms in total. The summed E-state index contributed by atoms with van der Waals surface area (Å²) in [4.78, 5) is 19.4. The van der Waals surface area contributed by atoms with E-state index in [-0.39, 0.29) is 5.41 Å². The predicted octanol–water partition coefficient (Wildman–Crippen LogP) is 5.53. The fourth-order valence-corrected chi connectivity index (χ4v) is 4.33. The number of amides is 2. The number of aromatic nitrogens is 3. The van der Waals surface area contributed by atoms with E-state index in [1.54, 1.807) is 12.3 Å². The second kappa shape index (κ2) is 11.6. The van der Waals surface area contributed by atoms with E-state index in [0.717, 1.165) is 23.4 Å². The fraction of sp³-hybridized carbons (Fsp3) is 0.367. The molecule has 0 aliphatic carbocycles. The number of carbonyl (C=O) groups excluding carboxylic acids is 1. The molecule has 0 saturated carbocycles. The van der Waals surface area contributed by atoms with Crippen molar-refractivity contribution in [1.29, 1.82) is 0 Å². The lowest BCUT2D eigenvalue weighted by Gasteiger charge is -2.26. The van der Waals surface area contributed by atoms with Crippen LogP contribution >= 0.6 is 0 Å². The Morgan fingerprint density at radius 1 is 1.00 bits per heavy atom. The van der Waals surface area contributed by atoms with E-state index in [1.807, 2.05) is 67.8 Å². The fourth-order valence-electron chi connectivity index (χ4n) is 4.33. The molecule has 9 heteroatoms. The SMILES string of the molecule is CC(C)(C)c1cc(NC(=O)Nc2cn3ccc(C#Cc4ccc(OCCN5CCCCC5)cc4)cc3n2)no1. The van der Waals surface area contributed by atoms with E-state index >= 15 is 0 Å². The average Bonchev–Trinajstić information content (AvgIpc) is 3.55. The number of anilines is 2. The Hall–Kier alpha value is -4.29. The van der Waals surface area contributed by atoms with Gasteiger partial charge in [-0.2, -0.15) is 0 Å². The largest absolute Gasteiger partial charge is 0.492 e. The summed E-state index contributed by atoms with van der Waals surface area (Å²) >= 11 is 0. The Kier molecular flexibility index (Phi) is 7.84. The van der Waals surface area contributed by atoms with Crippen molar-refractivity contribution in [2.24, 2.45) is 0 Å². The van der Waals surface area contributed by atoms with Gasteiger partial charge in [0.25, 0.3) is 0 Å². The highest BCUT2D eigenvalue weighted by molar-refractivity contribution is 5.98. The molecule has 4 aromatic rings. The number of hydrogen-bond acceptors (Lipinski definition) is 6. The molecule has 0 spiro atoms. The van der Waals surface area contributed by atoms with Crippen LogP contribution in [0.4, 0.5) is 16.4 Å². The third kappa shape index (κ3) is 7.18. The maximum Gasteiger partial charge on any atom is 0.326 e. The van der Waals surface area contributed by atoms with Gasteiger partial charge in [-0.3, -0.25) is 15.5 Å². The summed E-state index contributed by atoms with van der Waals surface area (Å²) in [6, 6.07) is 12.9. The molecule has 0 bridgehead atoms. The van der Waals surface area contributed by atoms with Crippen molar-refractivity contribution < 1.29 is 14.1 Å². The van der Waals surface area contributed by atoms with E-state index < -0.39 is 6.03 Å². The number of imidazole rings is 1. The summed E-state index contributed by atoms with van der Waals surface area (Å²) in [6.45, 7) is 10.1. The first-order chi connectivity index (χ1) is 18.8.